The van der Waals surface area contributed by atoms with Crippen molar-refractivity contribution in [2.24, 2.45) is 11.8 Å². The van der Waals surface area contributed by atoms with Crippen molar-refractivity contribution in [1.29, 1.82) is 0 Å². The van der Waals surface area contributed by atoms with Crippen molar-refractivity contribution in [3.63, 3.8) is 0 Å². The van der Waals surface area contributed by atoms with Gasteiger partial charge in [-0.1, -0.05) is 39.8 Å². The third-order valence-corrected chi connectivity index (χ3v) is 5.40. The van der Waals surface area contributed by atoms with Gasteiger partial charge in [-0.15, -0.1) is 10.2 Å². The Balaban J connectivity index is 1.72. The summed E-state index contributed by atoms with van der Waals surface area (Å²) >= 11 is 0. The molecule has 0 radical (unpaired) electrons. The lowest BCUT2D eigenvalue weighted by Crippen LogP contribution is -2.10. The van der Waals surface area contributed by atoms with E-state index < -0.39 is 21.4 Å². The Bertz CT molecular complexity index is 1370. The molecule has 188 valence electrons. The van der Waals surface area contributed by atoms with Gasteiger partial charge in [0.2, 0.25) is 0 Å². The van der Waals surface area contributed by atoms with Crippen LogP contribution in [0.4, 0.5) is 11.5 Å². The molecule has 1 N–H and O–H groups in total. The van der Waals surface area contributed by atoms with Crippen LogP contribution < -0.4 is 0 Å². The standard InChI is InChI=1S/C22H26N10O4/c1-13(2)9-18-23-19(10-14(3)4)29(26-18)12-15-5-7-16(8-6-15)30-20(32(35)36)11-17(31(33)34)21(30)22-24-27-28-25-22/h5-8,11,13-14H,9-10,12H2,1-4H3,(H,24,25,27,28). The molecule has 0 saturated carbocycles. The maximum atomic E-state index is 11.7. The zero-order valence-electron chi connectivity index (χ0n) is 20.3. The number of aromatic nitrogens is 8. The van der Waals surface area contributed by atoms with E-state index in [1.165, 1.54) is 0 Å². The van der Waals surface area contributed by atoms with E-state index in [4.69, 9.17) is 10.1 Å². The number of aromatic amines is 1. The van der Waals surface area contributed by atoms with E-state index in [-0.39, 0.29) is 11.5 Å². The van der Waals surface area contributed by atoms with E-state index in [1.807, 2.05) is 4.68 Å². The van der Waals surface area contributed by atoms with E-state index in [2.05, 4.69) is 48.3 Å². The number of nitrogens with one attached hydrogen (secondary N) is 1. The summed E-state index contributed by atoms with van der Waals surface area (Å²) in [6.45, 7) is 8.96. The second kappa shape index (κ2) is 10.0. The molecule has 0 atom stereocenters. The second-order valence-electron chi connectivity index (χ2n) is 9.29. The van der Waals surface area contributed by atoms with Gasteiger partial charge in [-0.05, 0) is 39.7 Å². The Morgan fingerprint density at radius 1 is 1.00 bits per heavy atom. The number of nitrogens with zero attached hydrogens (tertiary/aromatic N) is 9. The monoisotopic (exact) mass is 494 g/mol. The summed E-state index contributed by atoms with van der Waals surface area (Å²) in [5.41, 5.74) is 0.614. The minimum Gasteiger partial charge on any atom is -0.358 e. The van der Waals surface area contributed by atoms with Gasteiger partial charge < -0.3 is 10.1 Å². The Labute approximate surface area is 205 Å². The predicted molar refractivity (Wildman–Crippen MR) is 128 cm³/mol. The highest BCUT2D eigenvalue weighted by Crippen LogP contribution is 2.37. The lowest BCUT2D eigenvalue weighted by Gasteiger charge is -2.09. The van der Waals surface area contributed by atoms with E-state index in [0.29, 0.717) is 24.1 Å². The first-order chi connectivity index (χ1) is 17.1. The Morgan fingerprint density at radius 2 is 1.69 bits per heavy atom. The van der Waals surface area contributed by atoms with Crippen LogP contribution in [-0.2, 0) is 19.4 Å². The fraction of sp³-hybridized carbons (Fsp3) is 0.409. The van der Waals surface area contributed by atoms with Gasteiger partial charge >= 0.3 is 11.5 Å². The molecule has 0 aliphatic rings. The molecule has 36 heavy (non-hydrogen) atoms. The van der Waals surface area contributed by atoms with Gasteiger partial charge in [0.25, 0.3) is 11.5 Å². The number of H-pyrrole nitrogens is 1. The van der Waals surface area contributed by atoms with Crippen LogP contribution in [0.2, 0.25) is 0 Å². The van der Waals surface area contributed by atoms with Gasteiger partial charge in [0, 0.05) is 12.8 Å². The summed E-state index contributed by atoms with van der Waals surface area (Å²) in [7, 11) is 0. The summed E-state index contributed by atoms with van der Waals surface area (Å²) < 4.78 is 3.04. The minimum atomic E-state index is -0.709. The van der Waals surface area contributed by atoms with Crippen molar-refractivity contribution >= 4 is 11.5 Å². The molecule has 0 bridgehead atoms. The molecule has 3 aromatic heterocycles. The predicted octanol–water partition coefficient (Wildman–Crippen LogP) is 3.51. The highest BCUT2D eigenvalue weighted by atomic mass is 16.6. The van der Waals surface area contributed by atoms with Gasteiger partial charge in [0.05, 0.1) is 11.5 Å². The average molecular weight is 495 g/mol. The number of hydrogen-bond acceptors (Lipinski definition) is 9. The Morgan fingerprint density at radius 3 is 2.25 bits per heavy atom. The maximum Gasteiger partial charge on any atom is 0.335 e. The average Bonchev–Trinajstić information content (AvgIpc) is 3.52. The molecule has 0 fully saturated rings. The molecular formula is C22H26N10O4. The smallest absolute Gasteiger partial charge is 0.335 e. The van der Waals surface area contributed by atoms with Crippen LogP contribution in [0.25, 0.3) is 17.2 Å². The molecule has 0 saturated heterocycles. The molecule has 0 spiro atoms. The minimum absolute atomic E-state index is 0.127. The normalized spacial score (nSPS) is 11.5. The lowest BCUT2D eigenvalue weighted by molar-refractivity contribution is -0.394. The first-order valence-electron chi connectivity index (χ1n) is 11.4. The van der Waals surface area contributed by atoms with Gasteiger partial charge in [0.1, 0.15) is 17.6 Å². The van der Waals surface area contributed by atoms with E-state index in [1.54, 1.807) is 24.3 Å². The summed E-state index contributed by atoms with van der Waals surface area (Å²) in [5.74, 6) is 1.94. The first-order valence-corrected chi connectivity index (χ1v) is 11.4. The fourth-order valence-corrected chi connectivity index (χ4v) is 3.94. The molecule has 3 heterocycles. The topological polar surface area (TPSA) is 176 Å². The largest absolute Gasteiger partial charge is 0.358 e. The quantitative estimate of drug-likeness (QED) is 0.255. The summed E-state index contributed by atoms with van der Waals surface area (Å²) in [4.78, 5) is 26.7. The molecule has 14 nitrogen and oxygen atoms in total. The molecule has 0 aliphatic heterocycles. The molecule has 1 aromatic carbocycles. The van der Waals surface area contributed by atoms with E-state index >= 15 is 0 Å². The van der Waals surface area contributed by atoms with Crippen molar-refractivity contribution in [3.05, 3.63) is 67.8 Å². The molecular weight excluding hydrogens is 468 g/mol. The van der Waals surface area contributed by atoms with Crippen LogP contribution in [0.15, 0.2) is 30.3 Å². The molecule has 0 aliphatic carbocycles. The fourth-order valence-electron chi connectivity index (χ4n) is 3.94. The number of hydrogen-bond donors (Lipinski definition) is 1. The zero-order valence-corrected chi connectivity index (χ0v) is 20.3. The number of nitro groups is 2. The van der Waals surface area contributed by atoms with E-state index in [0.717, 1.165) is 40.7 Å². The number of benzene rings is 1. The summed E-state index contributed by atoms with van der Waals surface area (Å²) in [6.07, 6.45) is 1.57. The Kier molecular flexibility index (Phi) is 6.85. The number of rotatable bonds is 10. The van der Waals surface area contributed by atoms with Gasteiger partial charge in [0.15, 0.2) is 5.82 Å². The van der Waals surface area contributed by atoms with E-state index in [9.17, 15) is 20.2 Å². The number of tetrazole rings is 1. The van der Waals surface area contributed by atoms with Gasteiger partial charge in [-0.2, -0.15) is 14.9 Å². The summed E-state index contributed by atoms with van der Waals surface area (Å²) in [5, 5.41) is 41.4. The Hall–Kier alpha value is -4.49. The van der Waals surface area contributed by atoms with Crippen LogP contribution in [0.3, 0.4) is 0 Å². The van der Waals surface area contributed by atoms with Crippen molar-refractivity contribution in [1.82, 2.24) is 40.0 Å². The van der Waals surface area contributed by atoms with Gasteiger partial charge in [-0.3, -0.25) is 10.1 Å². The first kappa shape index (κ1) is 24.6. The molecule has 0 unspecified atom stereocenters. The van der Waals surface area contributed by atoms with Crippen LogP contribution in [0.5, 0.6) is 0 Å². The molecule has 14 heteroatoms. The second-order valence-corrected chi connectivity index (χ2v) is 9.29. The van der Waals surface area contributed by atoms with Crippen molar-refractivity contribution < 1.29 is 9.85 Å². The molecule has 4 rings (SSSR count). The third-order valence-electron chi connectivity index (χ3n) is 5.40. The van der Waals surface area contributed by atoms with Crippen molar-refractivity contribution in [2.75, 3.05) is 0 Å². The SMILES string of the molecule is CC(C)Cc1nc(CC(C)C)n(Cc2ccc(-n3c([N+](=O)[O-])cc([N+](=O)[O-])c3-c3nn[nH]n3)cc2)n1. The third kappa shape index (κ3) is 5.11. The molecule has 0 amide bonds. The lowest BCUT2D eigenvalue weighted by atomic mass is 10.1. The van der Waals surface area contributed by atoms with Crippen LogP contribution in [0.1, 0.15) is 44.9 Å². The van der Waals surface area contributed by atoms with Crippen LogP contribution in [-0.4, -0.2) is 49.8 Å². The highest BCUT2D eigenvalue weighted by molar-refractivity contribution is 5.72. The highest BCUT2D eigenvalue weighted by Gasteiger charge is 2.36. The van der Waals surface area contributed by atoms with Gasteiger partial charge in [-0.25, -0.2) is 9.67 Å². The zero-order chi connectivity index (χ0) is 26.0. The van der Waals surface area contributed by atoms with Crippen LogP contribution in [0, 0.1) is 32.1 Å². The van der Waals surface area contributed by atoms with Crippen LogP contribution >= 0.6 is 0 Å². The van der Waals surface area contributed by atoms with Crippen molar-refractivity contribution in [2.45, 2.75) is 47.1 Å². The summed E-state index contributed by atoms with van der Waals surface area (Å²) in [6, 6.07) is 7.80. The van der Waals surface area contributed by atoms with Crippen molar-refractivity contribution in [3.8, 4) is 17.2 Å². The molecule has 4 aromatic rings. The maximum absolute atomic E-state index is 11.7.